The first-order valence-corrected chi connectivity index (χ1v) is 23.0. The van der Waals surface area contributed by atoms with Crippen molar-refractivity contribution >= 4 is 41.8 Å². The SMILES string of the molecule is COC(=O)[C@H]1O[C@@H](O[C@@H]2[C@@H](NC(C)=O)[C@H](OCCNC(=O)OCc3ccccc3)O[C@H](COC(=O)c3ccccc3)[C@@H]2OC(=O)c2ccccc2)[C@H](OC(=O)c2ccccc2)[C@@H](OC(=O)c2ccccc2)[C@@H]1O. The van der Waals surface area contributed by atoms with E-state index in [1.165, 1.54) is 48.5 Å². The summed E-state index contributed by atoms with van der Waals surface area (Å²) in [6.45, 7) is -0.0236. The average Bonchev–Trinajstić information content (AvgIpc) is 3.42. The maximum Gasteiger partial charge on any atom is 0.407 e. The quantitative estimate of drug-likeness (QED) is 0.0591. The van der Waals surface area contributed by atoms with Gasteiger partial charge in [-0.1, -0.05) is 103 Å². The molecule has 2 amide bonds. The summed E-state index contributed by atoms with van der Waals surface area (Å²) < 4.78 is 59.4. The molecule has 2 heterocycles. The number of hydrogen-bond acceptors (Lipinski definition) is 18. The molecule has 3 N–H and O–H groups in total. The number of benzene rings is 5. The lowest BCUT2D eigenvalue weighted by Crippen LogP contribution is -2.69. The van der Waals surface area contributed by atoms with Crippen LogP contribution in [0.2, 0.25) is 0 Å². The van der Waals surface area contributed by atoms with Crippen molar-refractivity contribution in [3.8, 4) is 0 Å². The Morgan fingerprint density at radius 3 is 1.55 bits per heavy atom. The lowest BCUT2D eigenvalue weighted by molar-refractivity contribution is -0.338. The van der Waals surface area contributed by atoms with Gasteiger partial charge in [-0.05, 0) is 54.1 Å². The molecule has 5 aromatic carbocycles. The van der Waals surface area contributed by atoms with Crippen LogP contribution in [0, 0.1) is 0 Å². The first kappa shape index (κ1) is 52.8. The molecule has 0 bridgehead atoms. The Balaban J connectivity index is 1.28. The molecule has 0 aliphatic carbocycles. The van der Waals surface area contributed by atoms with E-state index in [0.717, 1.165) is 19.6 Å². The van der Waals surface area contributed by atoms with Crippen LogP contribution in [0.5, 0.6) is 0 Å². The summed E-state index contributed by atoms with van der Waals surface area (Å²) in [5.74, 6) is -5.67. The zero-order valence-corrected chi connectivity index (χ0v) is 39.4. The molecule has 20 heteroatoms. The summed E-state index contributed by atoms with van der Waals surface area (Å²) in [6, 6.07) is 38.3. The molecular formula is C53H52N2O18. The standard InChI is InChI=1S/C53H52N2O18/c1-32(56)55-39-42(72-52-45(71-49(61)37-26-16-7-17-27-37)43(40(57)44(73-52)50(62)64-2)70-48(60)36-24-14-6-15-25-36)41(69-47(59)35-22-12-5-13-23-35)38(31-66-46(58)34-20-10-4-11-21-34)68-51(39)65-29-28-54-53(63)67-30-33-18-8-3-9-19-33/h3-27,38-45,51-52,57H,28-31H2,1-2H3,(H,54,63)(H,55,56)/t38-,39-,40+,41+,42-,43+,44+,45-,51-,52-/m1/s1. The number of alkyl carbamates (subject to hydrolysis) is 1. The molecular weight excluding hydrogens is 953 g/mol. The third-order valence-electron chi connectivity index (χ3n) is 11.3. The number of carbonyl (C=O) groups excluding carboxylic acids is 7. The molecule has 7 rings (SSSR count). The van der Waals surface area contributed by atoms with E-state index in [1.54, 1.807) is 97.1 Å². The van der Waals surface area contributed by atoms with Crippen molar-refractivity contribution in [3.05, 3.63) is 179 Å². The Labute approximate surface area is 418 Å². The first-order valence-electron chi connectivity index (χ1n) is 23.0. The molecule has 0 saturated carbocycles. The van der Waals surface area contributed by atoms with Crippen molar-refractivity contribution < 1.29 is 86.0 Å². The second-order valence-electron chi connectivity index (χ2n) is 16.3. The fraction of sp³-hybridized carbons (Fsp3) is 0.302. The minimum atomic E-state index is -2.07. The molecule has 2 saturated heterocycles. The second-order valence-corrected chi connectivity index (χ2v) is 16.3. The van der Waals surface area contributed by atoms with Crippen molar-refractivity contribution in [2.24, 2.45) is 0 Å². The Bertz CT molecular complexity index is 2630. The number of ether oxygens (including phenoxy) is 10. The van der Waals surface area contributed by atoms with E-state index in [0.29, 0.717) is 0 Å². The summed E-state index contributed by atoms with van der Waals surface area (Å²) >= 11 is 0. The van der Waals surface area contributed by atoms with Gasteiger partial charge in [-0.3, -0.25) is 4.79 Å². The average molecular weight is 1000 g/mol. The van der Waals surface area contributed by atoms with Gasteiger partial charge in [0.25, 0.3) is 0 Å². The van der Waals surface area contributed by atoms with Crippen LogP contribution in [0.4, 0.5) is 4.79 Å². The molecule has 10 atom stereocenters. The summed E-state index contributed by atoms with van der Waals surface area (Å²) in [5.41, 5.74) is 0.951. The Hall–Kier alpha value is -8.01. The minimum absolute atomic E-state index is 0.00198. The number of rotatable bonds is 19. The molecule has 73 heavy (non-hydrogen) atoms. The maximum atomic E-state index is 14.1. The highest BCUT2D eigenvalue weighted by atomic mass is 16.8. The Morgan fingerprint density at radius 1 is 0.562 bits per heavy atom. The third kappa shape index (κ3) is 14.3. The highest BCUT2D eigenvalue weighted by molar-refractivity contribution is 5.91. The van der Waals surface area contributed by atoms with E-state index in [4.69, 9.17) is 47.4 Å². The lowest BCUT2D eigenvalue weighted by atomic mass is 9.94. The van der Waals surface area contributed by atoms with Crippen LogP contribution < -0.4 is 10.6 Å². The number of aliphatic hydroxyl groups is 1. The van der Waals surface area contributed by atoms with Crippen molar-refractivity contribution in [3.63, 3.8) is 0 Å². The van der Waals surface area contributed by atoms with Crippen molar-refractivity contribution in [2.45, 2.75) is 74.9 Å². The van der Waals surface area contributed by atoms with Gasteiger partial charge in [0, 0.05) is 13.5 Å². The van der Waals surface area contributed by atoms with Crippen LogP contribution in [0.1, 0.15) is 53.9 Å². The predicted octanol–water partition coefficient (Wildman–Crippen LogP) is 4.34. The Morgan fingerprint density at radius 2 is 1.04 bits per heavy atom. The summed E-state index contributed by atoms with van der Waals surface area (Å²) in [7, 11) is 1.01. The van der Waals surface area contributed by atoms with Gasteiger partial charge in [0.1, 0.15) is 37.6 Å². The van der Waals surface area contributed by atoms with E-state index in [1.807, 2.05) is 6.07 Å². The second kappa shape index (κ2) is 25.9. The zero-order valence-electron chi connectivity index (χ0n) is 39.4. The fourth-order valence-corrected chi connectivity index (χ4v) is 7.75. The van der Waals surface area contributed by atoms with E-state index < -0.39 is 110 Å². The molecule has 2 fully saturated rings. The van der Waals surface area contributed by atoms with Crippen molar-refractivity contribution in [2.75, 3.05) is 26.9 Å². The van der Waals surface area contributed by atoms with Crippen LogP contribution in [0.3, 0.4) is 0 Å². The molecule has 0 spiro atoms. The molecule has 0 unspecified atom stereocenters. The summed E-state index contributed by atoms with van der Waals surface area (Å²) in [5, 5.41) is 17.1. The van der Waals surface area contributed by atoms with Gasteiger partial charge in [0.2, 0.25) is 5.91 Å². The number of esters is 5. The number of hydrogen-bond donors (Lipinski definition) is 3. The van der Waals surface area contributed by atoms with Crippen LogP contribution in [0.15, 0.2) is 152 Å². The third-order valence-corrected chi connectivity index (χ3v) is 11.3. The van der Waals surface area contributed by atoms with Crippen LogP contribution in [0.25, 0.3) is 0 Å². The Kier molecular flexibility index (Phi) is 18.7. The highest BCUT2D eigenvalue weighted by Crippen LogP contribution is 2.35. The van der Waals surface area contributed by atoms with Gasteiger partial charge < -0.3 is 63.1 Å². The number of methoxy groups -OCH3 is 1. The van der Waals surface area contributed by atoms with E-state index in [9.17, 15) is 38.7 Å². The smallest absolute Gasteiger partial charge is 0.407 e. The monoisotopic (exact) mass is 1000 g/mol. The van der Waals surface area contributed by atoms with Gasteiger partial charge >= 0.3 is 35.9 Å². The van der Waals surface area contributed by atoms with Crippen LogP contribution >= 0.6 is 0 Å². The highest BCUT2D eigenvalue weighted by Gasteiger charge is 2.57. The molecule has 2 aliphatic rings. The van der Waals surface area contributed by atoms with Gasteiger partial charge in [0.15, 0.2) is 37.0 Å². The predicted molar refractivity (Wildman–Crippen MR) is 252 cm³/mol. The minimum Gasteiger partial charge on any atom is -0.467 e. The zero-order chi connectivity index (χ0) is 51.7. The van der Waals surface area contributed by atoms with E-state index >= 15 is 0 Å². The van der Waals surface area contributed by atoms with Gasteiger partial charge in [-0.2, -0.15) is 0 Å². The van der Waals surface area contributed by atoms with Crippen molar-refractivity contribution in [1.82, 2.24) is 10.6 Å². The molecule has 20 nitrogen and oxygen atoms in total. The molecule has 2 aliphatic heterocycles. The number of nitrogens with one attached hydrogen (secondary N) is 2. The fourth-order valence-electron chi connectivity index (χ4n) is 7.75. The maximum absolute atomic E-state index is 14.1. The number of carbonyl (C=O) groups is 7. The van der Waals surface area contributed by atoms with Gasteiger partial charge in [-0.15, -0.1) is 0 Å². The van der Waals surface area contributed by atoms with Gasteiger partial charge in [0.05, 0.1) is 36.0 Å². The largest absolute Gasteiger partial charge is 0.467 e. The normalized spacial score (nSPS) is 23.3. The lowest BCUT2D eigenvalue weighted by Gasteiger charge is -2.48. The first-order chi connectivity index (χ1) is 35.4. The number of aliphatic hydroxyl groups excluding tert-OH is 1. The van der Waals surface area contributed by atoms with E-state index in [2.05, 4.69) is 10.6 Å². The molecule has 5 aromatic rings. The molecule has 382 valence electrons. The summed E-state index contributed by atoms with van der Waals surface area (Å²) in [4.78, 5) is 94.7. The van der Waals surface area contributed by atoms with Crippen molar-refractivity contribution in [1.29, 1.82) is 0 Å². The topological polar surface area (TPSA) is 256 Å². The number of amides is 2. The van der Waals surface area contributed by atoms with Gasteiger partial charge in [-0.25, -0.2) is 28.8 Å². The van der Waals surface area contributed by atoms with E-state index in [-0.39, 0.29) is 42.0 Å². The summed E-state index contributed by atoms with van der Waals surface area (Å²) in [6.07, 6.45) is -17.4. The molecule has 0 radical (unpaired) electrons. The van der Waals surface area contributed by atoms with Crippen LogP contribution in [-0.4, -0.2) is 135 Å². The van der Waals surface area contributed by atoms with Crippen LogP contribution in [-0.2, 0) is 63.6 Å². The molecule has 0 aromatic heterocycles.